The Morgan fingerprint density at radius 1 is 1.37 bits per heavy atom. The predicted octanol–water partition coefficient (Wildman–Crippen LogP) is 2.41. The average Bonchev–Trinajstić information content (AvgIpc) is 3.03. The molecule has 0 spiro atoms. The zero-order valence-electron chi connectivity index (χ0n) is 16.1. The van der Waals surface area contributed by atoms with Gasteiger partial charge in [-0.2, -0.15) is 0 Å². The first-order chi connectivity index (χ1) is 13.1. The molecule has 2 aliphatic rings. The molecule has 1 saturated heterocycles. The molecule has 0 radical (unpaired) electrons. The van der Waals surface area contributed by atoms with Crippen molar-refractivity contribution in [3.63, 3.8) is 0 Å². The van der Waals surface area contributed by atoms with Gasteiger partial charge in [0.05, 0.1) is 17.4 Å². The fraction of sp³-hybridized carbons (Fsp3) is 0.600. The number of aromatic nitrogens is 3. The third-order valence-corrected chi connectivity index (χ3v) is 5.70. The molecule has 2 aliphatic heterocycles. The number of aryl methyl sites for hydroxylation is 2. The molecular formula is C20H27N5O2. The van der Waals surface area contributed by atoms with Crippen LogP contribution in [0.3, 0.4) is 0 Å². The zero-order valence-corrected chi connectivity index (χ0v) is 16.1. The van der Waals surface area contributed by atoms with E-state index in [0.717, 1.165) is 60.0 Å². The van der Waals surface area contributed by atoms with Crippen molar-refractivity contribution in [2.45, 2.75) is 65.0 Å². The number of rotatable bonds is 4. The summed E-state index contributed by atoms with van der Waals surface area (Å²) in [7, 11) is 0. The van der Waals surface area contributed by atoms with E-state index in [1.165, 1.54) is 12.8 Å². The van der Waals surface area contributed by atoms with Crippen LogP contribution < -0.4 is 5.32 Å². The molecule has 4 heterocycles. The van der Waals surface area contributed by atoms with Crippen molar-refractivity contribution < 1.29 is 9.32 Å². The Labute approximate surface area is 159 Å². The summed E-state index contributed by atoms with van der Waals surface area (Å²) in [4.78, 5) is 24.0. The second-order valence-corrected chi connectivity index (χ2v) is 7.57. The lowest BCUT2D eigenvalue weighted by Crippen LogP contribution is -2.37. The van der Waals surface area contributed by atoms with E-state index in [0.29, 0.717) is 19.4 Å². The predicted molar refractivity (Wildman–Crippen MR) is 100 cm³/mol. The van der Waals surface area contributed by atoms with Gasteiger partial charge in [-0.15, -0.1) is 0 Å². The maximum atomic E-state index is 12.7. The molecule has 0 saturated carbocycles. The molecule has 0 bridgehead atoms. The van der Waals surface area contributed by atoms with Gasteiger partial charge in [-0.25, -0.2) is 9.97 Å². The van der Waals surface area contributed by atoms with E-state index in [1.54, 1.807) is 0 Å². The van der Waals surface area contributed by atoms with Crippen molar-refractivity contribution in [1.82, 2.24) is 25.3 Å². The van der Waals surface area contributed by atoms with Crippen molar-refractivity contribution in [3.05, 3.63) is 40.3 Å². The number of carbonyl (C=O) groups excluding carboxylic acids is 1. The Kier molecular flexibility index (Phi) is 5.20. The molecule has 1 N–H and O–H groups in total. The van der Waals surface area contributed by atoms with Crippen molar-refractivity contribution in [2.24, 2.45) is 0 Å². The average molecular weight is 369 g/mol. The van der Waals surface area contributed by atoms with Gasteiger partial charge in [0, 0.05) is 43.3 Å². The Morgan fingerprint density at radius 2 is 2.26 bits per heavy atom. The molecule has 27 heavy (non-hydrogen) atoms. The van der Waals surface area contributed by atoms with E-state index < -0.39 is 0 Å². The SMILES string of the molecule is Cc1noc(C)c1CCC(=O)N1CCc2nc([C@H]3CCCCN3)ncc2C1. The third kappa shape index (κ3) is 3.88. The van der Waals surface area contributed by atoms with Crippen LogP contribution in [-0.2, 0) is 24.2 Å². The number of carbonyl (C=O) groups is 1. The third-order valence-electron chi connectivity index (χ3n) is 5.70. The normalized spacial score (nSPS) is 19.8. The standard InChI is InChI=1S/C20H27N5O2/c1-13-16(14(2)27-24-13)6-7-19(26)25-10-8-17-15(12-25)11-22-20(23-17)18-5-3-4-9-21-18/h11,18,21H,3-10,12H2,1-2H3/t18-/m1/s1. The summed E-state index contributed by atoms with van der Waals surface area (Å²) in [6, 6.07) is 0.277. The summed E-state index contributed by atoms with van der Waals surface area (Å²) in [5.41, 5.74) is 4.10. The van der Waals surface area contributed by atoms with Gasteiger partial charge in [0.15, 0.2) is 0 Å². The van der Waals surface area contributed by atoms with E-state index in [2.05, 4.69) is 15.5 Å². The monoisotopic (exact) mass is 369 g/mol. The lowest BCUT2D eigenvalue weighted by Gasteiger charge is -2.29. The van der Waals surface area contributed by atoms with Gasteiger partial charge in [0.2, 0.25) is 5.91 Å². The maximum absolute atomic E-state index is 12.7. The Balaban J connectivity index is 1.38. The van der Waals surface area contributed by atoms with Gasteiger partial charge in [-0.1, -0.05) is 11.6 Å². The van der Waals surface area contributed by atoms with E-state index in [4.69, 9.17) is 9.51 Å². The number of hydrogen-bond donors (Lipinski definition) is 1. The van der Waals surface area contributed by atoms with Crippen LogP contribution >= 0.6 is 0 Å². The van der Waals surface area contributed by atoms with Crippen LogP contribution in [0.2, 0.25) is 0 Å². The molecule has 2 aromatic rings. The Bertz CT molecular complexity index is 806. The lowest BCUT2D eigenvalue weighted by atomic mass is 10.0. The van der Waals surface area contributed by atoms with Gasteiger partial charge < -0.3 is 14.7 Å². The number of fused-ring (bicyclic) bond motifs is 1. The van der Waals surface area contributed by atoms with Gasteiger partial charge in [-0.3, -0.25) is 4.79 Å². The molecule has 4 rings (SSSR count). The molecule has 1 amide bonds. The second-order valence-electron chi connectivity index (χ2n) is 7.57. The highest BCUT2D eigenvalue weighted by Crippen LogP contribution is 2.24. The highest BCUT2D eigenvalue weighted by atomic mass is 16.5. The number of amides is 1. The summed E-state index contributed by atoms with van der Waals surface area (Å²) in [6.45, 7) is 6.19. The van der Waals surface area contributed by atoms with Crippen LogP contribution in [0.1, 0.15) is 65.8 Å². The summed E-state index contributed by atoms with van der Waals surface area (Å²) in [5, 5.41) is 7.47. The molecule has 1 fully saturated rings. The van der Waals surface area contributed by atoms with E-state index in [-0.39, 0.29) is 11.9 Å². The zero-order chi connectivity index (χ0) is 18.8. The molecule has 7 nitrogen and oxygen atoms in total. The van der Waals surface area contributed by atoms with Crippen molar-refractivity contribution in [2.75, 3.05) is 13.1 Å². The number of nitrogens with zero attached hydrogens (tertiary/aromatic N) is 4. The molecule has 0 aromatic carbocycles. The van der Waals surface area contributed by atoms with E-state index >= 15 is 0 Å². The summed E-state index contributed by atoms with van der Waals surface area (Å²) < 4.78 is 5.18. The largest absolute Gasteiger partial charge is 0.361 e. The molecule has 0 unspecified atom stereocenters. The second kappa shape index (κ2) is 7.76. The topological polar surface area (TPSA) is 84.2 Å². The molecule has 7 heteroatoms. The summed E-state index contributed by atoms with van der Waals surface area (Å²) in [6.07, 6.45) is 7.43. The first-order valence-electron chi connectivity index (χ1n) is 9.89. The molecule has 2 aromatic heterocycles. The number of piperidine rings is 1. The minimum Gasteiger partial charge on any atom is -0.361 e. The molecular weight excluding hydrogens is 342 g/mol. The van der Waals surface area contributed by atoms with Crippen LogP contribution in [0.15, 0.2) is 10.7 Å². The van der Waals surface area contributed by atoms with Gasteiger partial charge >= 0.3 is 0 Å². The maximum Gasteiger partial charge on any atom is 0.223 e. The first kappa shape index (κ1) is 18.1. The highest BCUT2D eigenvalue weighted by Gasteiger charge is 2.25. The minimum absolute atomic E-state index is 0.165. The minimum atomic E-state index is 0.165. The summed E-state index contributed by atoms with van der Waals surface area (Å²) >= 11 is 0. The lowest BCUT2D eigenvalue weighted by molar-refractivity contribution is -0.132. The highest BCUT2D eigenvalue weighted by molar-refractivity contribution is 5.76. The number of hydrogen-bond acceptors (Lipinski definition) is 6. The van der Waals surface area contributed by atoms with Crippen molar-refractivity contribution in [1.29, 1.82) is 0 Å². The van der Waals surface area contributed by atoms with Gasteiger partial charge in [-0.05, 0) is 39.7 Å². The van der Waals surface area contributed by atoms with Crippen LogP contribution in [0.5, 0.6) is 0 Å². The smallest absolute Gasteiger partial charge is 0.223 e. The fourth-order valence-corrected chi connectivity index (χ4v) is 4.03. The van der Waals surface area contributed by atoms with Crippen LogP contribution in [-0.4, -0.2) is 39.0 Å². The summed E-state index contributed by atoms with van der Waals surface area (Å²) in [5.74, 6) is 1.88. The van der Waals surface area contributed by atoms with Gasteiger partial charge in [0.1, 0.15) is 11.6 Å². The molecule has 0 aliphatic carbocycles. The van der Waals surface area contributed by atoms with Crippen molar-refractivity contribution >= 4 is 5.91 Å². The quantitative estimate of drug-likeness (QED) is 0.891. The van der Waals surface area contributed by atoms with E-state index in [9.17, 15) is 4.79 Å². The first-order valence-corrected chi connectivity index (χ1v) is 9.89. The van der Waals surface area contributed by atoms with Crippen LogP contribution in [0, 0.1) is 13.8 Å². The fourth-order valence-electron chi connectivity index (χ4n) is 4.03. The van der Waals surface area contributed by atoms with Crippen LogP contribution in [0.4, 0.5) is 0 Å². The molecule has 1 atom stereocenters. The molecule has 144 valence electrons. The number of nitrogens with one attached hydrogen (secondary N) is 1. The van der Waals surface area contributed by atoms with Crippen LogP contribution in [0.25, 0.3) is 0 Å². The van der Waals surface area contributed by atoms with Crippen molar-refractivity contribution in [3.8, 4) is 0 Å². The van der Waals surface area contributed by atoms with E-state index in [1.807, 2.05) is 24.9 Å². The Morgan fingerprint density at radius 3 is 3.00 bits per heavy atom. The van der Waals surface area contributed by atoms with Gasteiger partial charge in [0.25, 0.3) is 0 Å². The Hall–Kier alpha value is -2.28.